The van der Waals surface area contributed by atoms with Crippen LogP contribution in [0.25, 0.3) is 6.08 Å². The molecule has 3 heterocycles. The molecule has 1 aliphatic rings. The normalized spacial score (nSPS) is 15.6. The Hall–Kier alpha value is -2.82. The lowest BCUT2D eigenvalue weighted by Crippen LogP contribution is -2.00. The highest BCUT2D eigenvalue weighted by Gasteiger charge is 2.20. The molecule has 0 radical (unpaired) electrons. The van der Waals surface area contributed by atoms with Crippen molar-refractivity contribution in [3.05, 3.63) is 64.4 Å². The topological polar surface area (TPSA) is 59.5 Å². The highest BCUT2D eigenvalue weighted by Crippen LogP contribution is 2.28. The lowest BCUT2D eigenvalue weighted by Gasteiger charge is -2.04. The van der Waals surface area contributed by atoms with Crippen molar-refractivity contribution in [2.24, 2.45) is 4.99 Å². The number of pyridine rings is 1. The maximum absolute atomic E-state index is 5.47. The summed E-state index contributed by atoms with van der Waals surface area (Å²) < 4.78 is 10.8. The molecule has 0 aromatic carbocycles. The van der Waals surface area contributed by atoms with Crippen LogP contribution in [0.2, 0.25) is 0 Å². The molecule has 2 aromatic heterocycles. The summed E-state index contributed by atoms with van der Waals surface area (Å²) >= 11 is 0. The van der Waals surface area contributed by atoms with Gasteiger partial charge in [0.25, 0.3) is 0 Å². The second-order valence-electron chi connectivity index (χ2n) is 5.35. The van der Waals surface area contributed by atoms with E-state index in [9.17, 15) is 0 Å². The molecule has 5 heteroatoms. The third kappa shape index (κ3) is 2.90. The fourth-order valence-electron chi connectivity index (χ4n) is 2.60. The van der Waals surface area contributed by atoms with Crippen LogP contribution >= 0.6 is 0 Å². The first-order valence-corrected chi connectivity index (χ1v) is 7.34. The van der Waals surface area contributed by atoms with Gasteiger partial charge in [0, 0.05) is 23.7 Å². The number of rotatable bonds is 4. The van der Waals surface area contributed by atoms with E-state index in [4.69, 9.17) is 9.47 Å². The predicted molar refractivity (Wildman–Crippen MR) is 90.7 cm³/mol. The van der Waals surface area contributed by atoms with Gasteiger partial charge in [-0.15, -0.1) is 0 Å². The number of nitrogens with zero attached hydrogens (tertiary/aromatic N) is 2. The largest absolute Gasteiger partial charge is 0.494 e. The minimum atomic E-state index is 0.547. The van der Waals surface area contributed by atoms with E-state index in [0.29, 0.717) is 5.88 Å². The van der Waals surface area contributed by atoms with E-state index in [1.807, 2.05) is 31.2 Å². The number of hydrogen-bond acceptors (Lipinski definition) is 4. The van der Waals surface area contributed by atoms with Gasteiger partial charge in [-0.25, -0.2) is 9.98 Å². The van der Waals surface area contributed by atoms with Crippen LogP contribution in [0.3, 0.4) is 0 Å². The molecule has 0 fully saturated rings. The minimum absolute atomic E-state index is 0.547. The Kier molecular flexibility index (Phi) is 4.02. The SMILES string of the molecule is COC1=CC(c2cccnc2OC)=N/C1=C\c1[nH]c(C)cc1C. The quantitative estimate of drug-likeness (QED) is 0.941. The average Bonchev–Trinajstić information content (AvgIpc) is 3.10. The molecule has 0 saturated heterocycles. The molecule has 5 nitrogen and oxygen atoms in total. The van der Waals surface area contributed by atoms with Crippen LogP contribution in [-0.2, 0) is 4.74 Å². The summed E-state index contributed by atoms with van der Waals surface area (Å²) in [6.07, 6.45) is 5.59. The fourth-order valence-corrected chi connectivity index (χ4v) is 2.60. The van der Waals surface area contributed by atoms with Crippen LogP contribution in [0, 0.1) is 13.8 Å². The van der Waals surface area contributed by atoms with Gasteiger partial charge in [-0.1, -0.05) is 0 Å². The first kappa shape index (κ1) is 15.1. The smallest absolute Gasteiger partial charge is 0.222 e. The van der Waals surface area contributed by atoms with E-state index in [0.717, 1.165) is 34.1 Å². The number of aromatic amines is 1. The summed E-state index contributed by atoms with van der Waals surface area (Å²) in [4.78, 5) is 12.2. The Labute approximate surface area is 135 Å². The van der Waals surface area contributed by atoms with Gasteiger partial charge in [0.1, 0.15) is 11.5 Å². The molecule has 3 rings (SSSR count). The first-order valence-electron chi connectivity index (χ1n) is 7.34. The van der Waals surface area contributed by atoms with Crippen molar-refractivity contribution in [3.8, 4) is 5.88 Å². The van der Waals surface area contributed by atoms with Gasteiger partial charge >= 0.3 is 0 Å². The third-order valence-electron chi connectivity index (χ3n) is 3.69. The predicted octanol–water partition coefficient (Wildman–Crippen LogP) is 3.41. The van der Waals surface area contributed by atoms with E-state index < -0.39 is 0 Å². The Morgan fingerprint density at radius 3 is 2.65 bits per heavy atom. The molecular formula is C18H19N3O2. The maximum atomic E-state index is 5.47. The molecule has 0 unspecified atom stereocenters. The number of methoxy groups -OCH3 is 2. The van der Waals surface area contributed by atoms with Gasteiger partial charge in [0.15, 0.2) is 0 Å². The zero-order valence-corrected chi connectivity index (χ0v) is 13.7. The fraction of sp³-hybridized carbons (Fsp3) is 0.222. The summed E-state index contributed by atoms with van der Waals surface area (Å²) in [5.41, 5.74) is 5.72. The van der Waals surface area contributed by atoms with Gasteiger partial charge in [-0.3, -0.25) is 0 Å². The Balaban J connectivity index is 2.04. The van der Waals surface area contributed by atoms with Crippen LogP contribution in [0.4, 0.5) is 0 Å². The maximum Gasteiger partial charge on any atom is 0.222 e. The van der Waals surface area contributed by atoms with E-state index >= 15 is 0 Å². The van der Waals surface area contributed by atoms with Gasteiger partial charge in [0.05, 0.1) is 25.5 Å². The second kappa shape index (κ2) is 6.12. The number of allylic oxidation sites excluding steroid dienone is 1. The molecule has 0 amide bonds. The van der Waals surface area contributed by atoms with Crippen molar-refractivity contribution in [1.29, 1.82) is 0 Å². The zero-order chi connectivity index (χ0) is 16.4. The lowest BCUT2D eigenvalue weighted by atomic mass is 10.1. The molecule has 1 N–H and O–H groups in total. The van der Waals surface area contributed by atoms with Gasteiger partial charge in [-0.2, -0.15) is 0 Å². The minimum Gasteiger partial charge on any atom is -0.494 e. The van der Waals surface area contributed by atoms with E-state index in [1.54, 1.807) is 20.4 Å². The van der Waals surface area contributed by atoms with Crippen molar-refractivity contribution in [1.82, 2.24) is 9.97 Å². The second-order valence-corrected chi connectivity index (χ2v) is 5.35. The Morgan fingerprint density at radius 1 is 1.17 bits per heavy atom. The first-order chi connectivity index (χ1) is 11.1. The number of aryl methyl sites for hydroxylation is 2. The molecule has 118 valence electrons. The van der Waals surface area contributed by atoms with Crippen molar-refractivity contribution in [2.75, 3.05) is 14.2 Å². The summed E-state index contributed by atoms with van der Waals surface area (Å²) in [5.74, 6) is 1.27. The summed E-state index contributed by atoms with van der Waals surface area (Å²) in [7, 11) is 3.25. The standard InChI is InChI=1S/C18H19N3O2/c1-11-8-12(2)20-14(11)9-16-17(22-3)10-15(21-16)13-6-5-7-19-18(13)23-4/h5-10,20H,1-4H3/b16-9-. The molecule has 1 aliphatic heterocycles. The zero-order valence-electron chi connectivity index (χ0n) is 13.7. The van der Waals surface area contributed by atoms with Crippen LogP contribution < -0.4 is 4.74 Å². The Bertz CT molecular complexity index is 829. The number of H-pyrrole nitrogens is 1. The van der Waals surface area contributed by atoms with Crippen LogP contribution in [0.15, 0.2) is 46.9 Å². The molecule has 23 heavy (non-hydrogen) atoms. The average molecular weight is 309 g/mol. The van der Waals surface area contributed by atoms with Gasteiger partial charge < -0.3 is 14.5 Å². The van der Waals surface area contributed by atoms with Crippen LogP contribution in [0.1, 0.15) is 22.5 Å². The van der Waals surface area contributed by atoms with E-state index in [1.165, 1.54) is 5.56 Å². The van der Waals surface area contributed by atoms with Crippen molar-refractivity contribution < 1.29 is 9.47 Å². The number of nitrogens with one attached hydrogen (secondary N) is 1. The molecule has 0 spiro atoms. The number of aromatic nitrogens is 2. The molecule has 0 aliphatic carbocycles. The molecule has 0 saturated carbocycles. The van der Waals surface area contributed by atoms with Crippen molar-refractivity contribution in [2.45, 2.75) is 13.8 Å². The summed E-state index contributed by atoms with van der Waals surface area (Å²) in [6, 6.07) is 5.90. The van der Waals surface area contributed by atoms with Crippen molar-refractivity contribution >= 4 is 11.8 Å². The van der Waals surface area contributed by atoms with Crippen LogP contribution in [-0.4, -0.2) is 29.9 Å². The summed E-state index contributed by atoms with van der Waals surface area (Å²) in [6.45, 7) is 4.10. The van der Waals surface area contributed by atoms with Gasteiger partial charge in [-0.05, 0) is 43.7 Å². The van der Waals surface area contributed by atoms with E-state index in [-0.39, 0.29) is 0 Å². The summed E-state index contributed by atoms with van der Waals surface area (Å²) in [5, 5.41) is 0. The number of aliphatic imine (C=N–C) groups is 1. The molecular weight excluding hydrogens is 290 g/mol. The van der Waals surface area contributed by atoms with Crippen LogP contribution in [0.5, 0.6) is 5.88 Å². The highest BCUT2D eigenvalue weighted by atomic mass is 16.5. The number of hydrogen-bond donors (Lipinski definition) is 1. The molecule has 0 bridgehead atoms. The van der Waals surface area contributed by atoms with Crippen molar-refractivity contribution in [3.63, 3.8) is 0 Å². The van der Waals surface area contributed by atoms with E-state index in [2.05, 4.69) is 28.0 Å². The third-order valence-corrected chi connectivity index (χ3v) is 3.69. The Morgan fingerprint density at radius 2 is 2.00 bits per heavy atom. The lowest BCUT2D eigenvalue weighted by molar-refractivity contribution is 0.303. The highest BCUT2D eigenvalue weighted by molar-refractivity contribution is 6.13. The molecule has 0 atom stereocenters. The molecule has 2 aromatic rings. The number of ether oxygens (including phenoxy) is 2. The monoisotopic (exact) mass is 309 g/mol. The van der Waals surface area contributed by atoms with Gasteiger partial charge in [0.2, 0.25) is 5.88 Å².